The number of anilines is 1. The van der Waals surface area contributed by atoms with Crippen molar-refractivity contribution in [1.82, 2.24) is 13.9 Å². The summed E-state index contributed by atoms with van der Waals surface area (Å²) in [6, 6.07) is 14.2. The molecule has 0 aliphatic carbocycles. The van der Waals surface area contributed by atoms with E-state index in [1.54, 1.807) is 30.3 Å². The normalized spacial score (nSPS) is 16.3. The minimum Gasteiger partial charge on any atom is -0.367 e. The first-order valence-electron chi connectivity index (χ1n) is 8.85. The Bertz CT molecular complexity index is 1010. The summed E-state index contributed by atoms with van der Waals surface area (Å²) < 4.78 is 27.2. The number of piperazine rings is 1. The molecule has 1 aromatic heterocycles. The molecule has 1 saturated heterocycles. The van der Waals surface area contributed by atoms with Crippen LogP contribution in [0.3, 0.4) is 0 Å². The lowest BCUT2D eigenvalue weighted by Crippen LogP contribution is -2.46. The van der Waals surface area contributed by atoms with E-state index in [9.17, 15) is 8.42 Å². The minimum atomic E-state index is -3.66. The number of likely N-dealkylation sites (N-methyl/N-ethyl adjacent to an activating group) is 1. The zero-order valence-electron chi connectivity index (χ0n) is 14.7. The highest BCUT2D eigenvalue weighted by atomic mass is 32.2. The smallest absolute Gasteiger partial charge is 0.269 e. The van der Waals surface area contributed by atoms with Crippen molar-refractivity contribution in [2.45, 2.75) is 11.8 Å². The van der Waals surface area contributed by atoms with Gasteiger partial charge in [-0.1, -0.05) is 31.2 Å². The van der Waals surface area contributed by atoms with E-state index in [0.717, 1.165) is 43.9 Å². The van der Waals surface area contributed by atoms with Crippen LogP contribution in [0.4, 0.5) is 5.69 Å². The second kappa shape index (κ2) is 6.74. The van der Waals surface area contributed by atoms with Crippen molar-refractivity contribution in [3.05, 3.63) is 54.9 Å². The Balaban J connectivity index is 1.75. The first-order valence-corrected chi connectivity index (χ1v) is 10.3. The fraction of sp³-hybridized carbons (Fsp3) is 0.316. The van der Waals surface area contributed by atoms with Gasteiger partial charge in [0.1, 0.15) is 11.8 Å². The van der Waals surface area contributed by atoms with E-state index in [0.29, 0.717) is 5.52 Å². The van der Waals surface area contributed by atoms with Gasteiger partial charge in [0.05, 0.1) is 16.1 Å². The topological polar surface area (TPSA) is 58.4 Å². The first kappa shape index (κ1) is 17.1. The van der Waals surface area contributed by atoms with Gasteiger partial charge in [-0.2, -0.15) is 0 Å². The molecule has 2 aromatic carbocycles. The fourth-order valence-electron chi connectivity index (χ4n) is 3.46. The summed E-state index contributed by atoms with van der Waals surface area (Å²) in [4.78, 5) is 9.42. The average molecular weight is 370 g/mol. The van der Waals surface area contributed by atoms with Crippen LogP contribution in [0.5, 0.6) is 0 Å². The van der Waals surface area contributed by atoms with E-state index >= 15 is 0 Å². The maximum Gasteiger partial charge on any atom is 0.269 e. The van der Waals surface area contributed by atoms with Crippen molar-refractivity contribution in [3.8, 4) is 0 Å². The molecule has 0 radical (unpaired) electrons. The van der Waals surface area contributed by atoms with Gasteiger partial charge < -0.3 is 9.80 Å². The summed E-state index contributed by atoms with van der Waals surface area (Å²) in [6.07, 6.45) is 1.42. The molecule has 136 valence electrons. The molecule has 2 heterocycles. The molecule has 0 unspecified atom stereocenters. The largest absolute Gasteiger partial charge is 0.367 e. The quantitative estimate of drug-likeness (QED) is 0.706. The summed E-state index contributed by atoms with van der Waals surface area (Å²) in [5.41, 5.74) is 2.35. The monoisotopic (exact) mass is 370 g/mol. The lowest BCUT2D eigenvalue weighted by Gasteiger charge is -2.35. The molecule has 0 amide bonds. The van der Waals surface area contributed by atoms with Crippen LogP contribution in [0, 0.1) is 0 Å². The molecule has 26 heavy (non-hydrogen) atoms. The van der Waals surface area contributed by atoms with E-state index in [4.69, 9.17) is 0 Å². The Hall–Kier alpha value is -2.38. The van der Waals surface area contributed by atoms with Crippen molar-refractivity contribution >= 4 is 26.7 Å². The fourth-order valence-corrected chi connectivity index (χ4v) is 4.77. The van der Waals surface area contributed by atoms with Gasteiger partial charge in [-0.3, -0.25) is 0 Å². The predicted molar refractivity (Wildman–Crippen MR) is 103 cm³/mol. The standard InChI is InChI=1S/C19H22N4O2S/c1-2-21-11-13-22(14-12-21)17-9-6-10-18-19(17)20-15-23(18)26(24,25)16-7-4-3-5-8-16/h3-10,15H,2,11-14H2,1H3. The first-order chi connectivity index (χ1) is 12.6. The van der Waals surface area contributed by atoms with Gasteiger partial charge in [-0.05, 0) is 30.8 Å². The third-order valence-electron chi connectivity index (χ3n) is 4.98. The van der Waals surface area contributed by atoms with Crippen molar-refractivity contribution in [2.75, 3.05) is 37.6 Å². The molecule has 4 rings (SSSR count). The Morgan fingerprint density at radius 3 is 2.38 bits per heavy atom. The van der Waals surface area contributed by atoms with E-state index in [-0.39, 0.29) is 4.90 Å². The summed E-state index contributed by atoms with van der Waals surface area (Å²) in [5, 5.41) is 0. The van der Waals surface area contributed by atoms with E-state index in [2.05, 4.69) is 21.7 Å². The van der Waals surface area contributed by atoms with Gasteiger partial charge in [0.2, 0.25) is 0 Å². The number of fused-ring (bicyclic) bond motifs is 1. The second-order valence-electron chi connectivity index (χ2n) is 6.42. The Morgan fingerprint density at radius 2 is 1.69 bits per heavy atom. The van der Waals surface area contributed by atoms with Crippen LogP contribution in [0.25, 0.3) is 11.0 Å². The van der Waals surface area contributed by atoms with Gasteiger partial charge >= 0.3 is 0 Å². The van der Waals surface area contributed by atoms with Crippen molar-refractivity contribution in [1.29, 1.82) is 0 Å². The highest BCUT2D eigenvalue weighted by Gasteiger charge is 2.23. The van der Waals surface area contributed by atoms with Gasteiger partial charge in [-0.15, -0.1) is 0 Å². The molecule has 0 bridgehead atoms. The number of rotatable bonds is 4. The minimum absolute atomic E-state index is 0.265. The molecule has 1 fully saturated rings. The number of imidazole rings is 1. The van der Waals surface area contributed by atoms with E-state index in [1.165, 1.54) is 10.3 Å². The number of benzene rings is 2. The number of aromatic nitrogens is 2. The van der Waals surface area contributed by atoms with Crippen LogP contribution in [0.1, 0.15) is 6.92 Å². The Morgan fingerprint density at radius 1 is 0.962 bits per heavy atom. The van der Waals surface area contributed by atoms with Crippen LogP contribution in [-0.2, 0) is 10.0 Å². The molecular formula is C19H22N4O2S. The van der Waals surface area contributed by atoms with Gasteiger partial charge in [0.15, 0.2) is 0 Å². The molecule has 6 nitrogen and oxygen atoms in total. The lowest BCUT2D eigenvalue weighted by atomic mass is 10.2. The Labute approximate surface area is 153 Å². The summed E-state index contributed by atoms with van der Waals surface area (Å²) in [7, 11) is -3.66. The summed E-state index contributed by atoms with van der Waals surface area (Å²) in [6.45, 7) is 7.09. The zero-order chi connectivity index (χ0) is 18.1. The average Bonchev–Trinajstić information content (AvgIpc) is 3.14. The van der Waals surface area contributed by atoms with Crippen molar-refractivity contribution < 1.29 is 8.42 Å². The maximum absolute atomic E-state index is 13.0. The molecule has 0 saturated carbocycles. The number of hydrogen-bond acceptors (Lipinski definition) is 5. The summed E-state index contributed by atoms with van der Waals surface area (Å²) >= 11 is 0. The SMILES string of the molecule is CCN1CCN(c2cccc3c2ncn3S(=O)(=O)c2ccccc2)CC1. The third-order valence-corrected chi connectivity index (χ3v) is 6.66. The molecule has 7 heteroatoms. The Kier molecular flexibility index (Phi) is 4.42. The molecule has 1 aliphatic heterocycles. The lowest BCUT2D eigenvalue weighted by molar-refractivity contribution is 0.271. The van der Waals surface area contributed by atoms with Crippen molar-refractivity contribution in [3.63, 3.8) is 0 Å². The molecule has 0 atom stereocenters. The molecular weight excluding hydrogens is 348 g/mol. The van der Waals surface area contributed by atoms with E-state index < -0.39 is 10.0 Å². The second-order valence-corrected chi connectivity index (χ2v) is 8.24. The number of hydrogen-bond donors (Lipinski definition) is 0. The number of para-hydroxylation sites is 1. The van der Waals surface area contributed by atoms with Crippen LogP contribution in [0.15, 0.2) is 59.8 Å². The van der Waals surface area contributed by atoms with Gasteiger partial charge in [0, 0.05) is 26.2 Å². The van der Waals surface area contributed by atoms with E-state index in [1.807, 2.05) is 18.2 Å². The molecule has 0 N–H and O–H groups in total. The third kappa shape index (κ3) is 2.87. The molecule has 3 aromatic rings. The van der Waals surface area contributed by atoms with Crippen molar-refractivity contribution in [2.24, 2.45) is 0 Å². The van der Waals surface area contributed by atoms with Crippen LogP contribution < -0.4 is 4.90 Å². The van der Waals surface area contributed by atoms with Gasteiger partial charge in [-0.25, -0.2) is 17.4 Å². The number of nitrogens with zero attached hydrogens (tertiary/aromatic N) is 4. The van der Waals surface area contributed by atoms with Crippen LogP contribution in [-0.4, -0.2) is 55.0 Å². The maximum atomic E-state index is 13.0. The summed E-state index contributed by atoms with van der Waals surface area (Å²) in [5.74, 6) is 0. The zero-order valence-corrected chi connectivity index (χ0v) is 15.6. The highest BCUT2D eigenvalue weighted by molar-refractivity contribution is 7.90. The molecule has 0 spiro atoms. The predicted octanol–water partition coefficient (Wildman–Crippen LogP) is 2.42. The highest BCUT2D eigenvalue weighted by Crippen LogP contribution is 2.28. The van der Waals surface area contributed by atoms with Crippen LogP contribution >= 0.6 is 0 Å². The van der Waals surface area contributed by atoms with Gasteiger partial charge in [0.25, 0.3) is 10.0 Å². The van der Waals surface area contributed by atoms with Crippen LogP contribution in [0.2, 0.25) is 0 Å². The molecule has 1 aliphatic rings.